The Hall–Kier alpha value is -1.30. The summed E-state index contributed by atoms with van der Waals surface area (Å²) < 4.78 is 6.04. The third-order valence-electron chi connectivity index (χ3n) is 6.36. The average molecular weight is 393 g/mol. The summed E-state index contributed by atoms with van der Waals surface area (Å²) in [4.78, 5) is 17.1. The van der Waals surface area contributed by atoms with E-state index in [9.17, 15) is 9.90 Å². The number of hydrogen-bond donors (Lipinski definition) is 1. The van der Waals surface area contributed by atoms with E-state index in [4.69, 9.17) is 16.3 Å². The minimum atomic E-state index is -0.663. The number of aliphatic hydroxyl groups is 1. The maximum absolute atomic E-state index is 12.9. The predicted octanol–water partition coefficient (Wildman–Crippen LogP) is 3.48. The van der Waals surface area contributed by atoms with Crippen molar-refractivity contribution in [2.45, 2.75) is 56.7 Å². The molecule has 0 aromatic heterocycles. The van der Waals surface area contributed by atoms with Crippen LogP contribution in [-0.4, -0.2) is 59.9 Å². The molecule has 3 heterocycles. The highest BCUT2D eigenvalue weighted by atomic mass is 35.5. The molecule has 1 aromatic carbocycles. The summed E-state index contributed by atoms with van der Waals surface area (Å²) >= 11 is 6.48. The van der Waals surface area contributed by atoms with Crippen LogP contribution in [0.15, 0.2) is 18.2 Å². The number of amides is 1. The fraction of sp³-hybridized carbons (Fsp3) is 0.667. The molecule has 0 bridgehead atoms. The van der Waals surface area contributed by atoms with Crippen molar-refractivity contribution in [2.75, 3.05) is 37.7 Å². The molecule has 6 heteroatoms. The zero-order valence-corrected chi connectivity index (χ0v) is 16.8. The van der Waals surface area contributed by atoms with Crippen LogP contribution in [0.1, 0.15) is 55.8 Å². The summed E-state index contributed by atoms with van der Waals surface area (Å²) in [6.07, 6.45) is 5.27. The van der Waals surface area contributed by atoms with Crippen molar-refractivity contribution in [1.82, 2.24) is 4.90 Å². The number of rotatable bonds is 2. The number of carbonyl (C=O) groups is 1. The van der Waals surface area contributed by atoms with Crippen molar-refractivity contribution >= 4 is 23.2 Å². The van der Waals surface area contributed by atoms with Crippen molar-refractivity contribution in [1.29, 1.82) is 0 Å². The van der Waals surface area contributed by atoms with E-state index in [1.54, 1.807) is 0 Å². The van der Waals surface area contributed by atoms with Crippen molar-refractivity contribution in [3.63, 3.8) is 0 Å². The van der Waals surface area contributed by atoms with Gasteiger partial charge in [-0.1, -0.05) is 11.6 Å². The van der Waals surface area contributed by atoms with E-state index in [0.29, 0.717) is 43.1 Å². The topological polar surface area (TPSA) is 53.0 Å². The molecule has 1 aromatic rings. The van der Waals surface area contributed by atoms with E-state index in [2.05, 4.69) is 4.90 Å². The smallest absolute Gasteiger partial charge is 0.253 e. The molecule has 1 spiro atoms. The van der Waals surface area contributed by atoms with Crippen LogP contribution in [0.5, 0.6) is 0 Å². The molecule has 3 fully saturated rings. The molecule has 3 aliphatic heterocycles. The molecule has 148 valence electrons. The Kier molecular flexibility index (Phi) is 5.12. The number of halogens is 1. The lowest BCUT2D eigenvalue weighted by molar-refractivity contribution is -0.170. The quantitative estimate of drug-likeness (QED) is 0.837. The van der Waals surface area contributed by atoms with E-state index in [0.717, 1.165) is 31.6 Å². The lowest BCUT2D eigenvalue weighted by atomic mass is 9.78. The standard InChI is InChI=1S/C21H29ClN2O3/c1-20(26)8-13-27-21(15-20)6-11-24(12-7-21)19(25)16-4-5-18(17(22)14-16)23-9-2-3-10-23/h4-5,14,26H,2-3,6-13,15H2,1H3. The summed E-state index contributed by atoms with van der Waals surface area (Å²) in [5.41, 5.74) is 0.732. The van der Waals surface area contributed by atoms with Crippen LogP contribution >= 0.6 is 11.6 Å². The van der Waals surface area contributed by atoms with Gasteiger partial charge in [0.05, 0.1) is 28.5 Å². The number of anilines is 1. The second-order valence-corrected chi connectivity index (χ2v) is 9.01. The second-order valence-electron chi connectivity index (χ2n) is 8.61. The fourth-order valence-corrected chi connectivity index (χ4v) is 5.10. The molecule has 0 radical (unpaired) electrons. The molecule has 4 rings (SSSR count). The summed E-state index contributed by atoms with van der Waals surface area (Å²) in [7, 11) is 0. The van der Waals surface area contributed by atoms with Gasteiger partial charge in [-0.2, -0.15) is 0 Å². The molecule has 3 aliphatic rings. The van der Waals surface area contributed by atoms with E-state index < -0.39 is 5.60 Å². The van der Waals surface area contributed by atoms with Gasteiger partial charge in [-0.05, 0) is 57.2 Å². The fourth-order valence-electron chi connectivity index (χ4n) is 4.80. The molecular weight excluding hydrogens is 364 g/mol. The van der Waals surface area contributed by atoms with Crippen LogP contribution in [0, 0.1) is 0 Å². The Morgan fingerprint density at radius 1 is 1.15 bits per heavy atom. The second kappa shape index (κ2) is 7.26. The third-order valence-corrected chi connectivity index (χ3v) is 6.66. The van der Waals surface area contributed by atoms with Gasteiger partial charge in [-0.3, -0.25) is 4.79 Å². The van der Waals surface area contributed by atoms with E-state index in [1.807, 2.05) is 30.0 Å². The molecule has 0 saturated carbocycles. The Morgan fingerprint density at radius 3 is 2.48 bits per heavy atom. The lowest BCUT2D eigenvalue weighted by Crippen LogP contribution is -2.54. The van der Waals surface area contributed by atoms with Crippen LogP contribution in [0.3, 0.4) is 0 Å². The molecule has 0 aliphatic carbocycles. The molecule has 1 N–H and O–H groups in total. The number of piperidine rings is 1. The monoisotopic (exact) mass is 392 g/mol. The van der Waals surface area contributed by atoms with Crippen LogP contribution in [0.2, 0.25) is 5.02 Å². The Labute approximate surface area is 166 Å². The van der Waals surface area contributed by atoms with Gasteiger partial charge in [0.25, 0.3) is 5.91 Å². The van der Waals surface area contributed by atoms with Gasteiger partial charge >= 0.3 is 0 Å². The van der Waals surface area contributed by atoms with E-state index in [-0.39, 0.29) is 11.5 Å². The Balaban J connectivity index is 1.41. The molecule has 3 saturated heterocycles. The van der Waals surface area contributed by atoms with Crippen LogP contribution in [0.25, 0.3) is 0 Å². The predicted molar refractivity (Wildman–Crippen MR) is 107 cm³/mol. The number of nitrogens with zero attached hydrogens (tertiary/aromatic N) is 2. The zero-order valence-electron chi connectivity index (χ0n) is 16.0. The number of ether oxygens (including phenoxy) is 1. The third kappa shape index (κ3) is 3.96. The zero-order chi connectivity index (χ0) is 19.1. The van der Waals surface area contributed by atoms with Gasteiger partial charge < -0.3 is 19.6 Å². The van der Waals surface area contributed by atoms with Crippen LogP contribution in [-0.2, 0) is 4.74 Å². The van der Waals surface area contributed by atoms with Gasteiger partial charge in [0, 0.05) is 38.2 Å². The number of likely N-dealkylation sites (tertiary alicyclic amines) is 1. The lowest BCUT2D eigenvalue weighted by Gasteiger charge is -2.48. The van der Waals surface area contributed by atoms with Gasteiger partial charge in [0.15, 0.2) is 0 Å². The van der Waals surface area contributed by atoms with Crippen molar-refractivity contribution < 1.29 is 14.6 Å². The maximum atomic E-state index is 12.9. The van der Waals surface area contributed by atoms with Gasteiger partial charge in [0.1, 0.15) is 0 Å². The van der Waals surface area contributed by atoms with Gasteiger partial charge in [0.2, 0.25) is 0 Å². The summed E-state index contributed by atoms with van der Waals surface area (Å²) in [6.45, 7) is 5.85. The maximum Gasteiger partial charge on any atom is 0.253 e. The first-order chi connectivity index (χ1) is 12.9. The molecular formula is C21H29ClN2O3. The molecule has 1 atom stereocenters. The minimum absolute atomic E-state index is 0.0299. The average Bonchev–Trinajstić information content (AvgIpc) is 3.15. The van der Waals surface area contributed by atoms with Crippen LogP contribution in [0.4, 0.5) is 5.69 Å². The minimum Gasteiger partial charge on any atom is -0.390 e. The first kappa shape index (κ1) is 19.0. The summed E-state index contributed by atoms with van der Waals surface area (Å²) in [5, 5.41) is 11.1. The van der Waals surface area contributed by atoms with Crippen molar-refractivity contribution in [2.24, 2.45) is 0 Å². The van der Waals surface area contributed by atoms with Gasteiger partial charge in [-0.25, -0.2) is 0 Å². The van der Waals surface area contributed by atoms with E-state index in [1.165, 1.54) is 12.8 Å². The first-order valence-electron chi connectivity index (χ1n) is 10.1. The number of hydrogen-bond acceptors (Lipinski definition) is 4. The number of carbonyl (C=O) groups excluding carboxylic acids is 1. The number of benzene rings is 1. The molecule has 1 amide bonds. The highest BCUT2D eigenvalue weighted by Gasteiger charge is 2.45. The summed E-state index contributed by atoms with van der Waals surface area (Å²) in [5.74, 6) is 0.0299. The molecule has 27 heavy (non-hydrogen) atoms. The largest absolute Gasteiger partial charge is 0.390 e. The SMILES string of the molecule is CC1(O)CCOC2(CCN(C(=O)c3ccc(N4CCCC4)c(Cl)c3)CC2)C1. The highest BCUT2D eigenvalue weighted by molar-refractivity contribution is 6.33. The van der Waals surface area contributed by atoms with Gasteiger partial charge in [-0.15, -0.1) is 0 Å². The molecule has 5 nitrogen and oxygen atoms in total. The van der Waals surface area contributed by atoms with Crippen molar-refractivity contribution in [3.05, 3.63) is 28.8 Å². The highest BCUT2D eigenvalue weighted by Crippen LogP contribution is 2.39. The normalized spacial score (nSPS) is 28.0. The Morgan fingerprint density at radius 2 is 1.85 bits per heavy atom. The van der Waals surface area contributed by atoms with Crippen LogP contribution < -0.4 is 4.90 Å². The summed E-state index contributed by atoms with van der Waals surface area (Å²) in [6, 6.07) is 5.69. The first-order valence-corrected chi connectivity index (χ1v) is 10.5. The Bertz CT molecular complexity index is 707. The van der Waals surface area contributed by atoms with E-state index >= 15 is 0 Å². The van der Waals surface area contributed by atoms with Crippen molar-refractivity contribution in [3.8, 4) is 0 Å². The molecule has 1 unspecified atom stereocenters.